The van der Waals surface area contributed by atoms with E-state index >= 15 is 0 Å². The van der Waals surface area contributed by atoms with Crippen LogP contribution in [0.5, 0.6) is 0 Å². The van der Waals surface area contributed by atoms with Crippen molar-refractivity contribution in [2.75, 3.05) is 5.32 Å². The van der Waals surface area contributed by atoms with Crippen molar-refractivity contribution < 1.29 is 14.7 Å². The van der Waals surface area contributed by atoms with Crippen LogP contribution in [-0.4, -0.2) is 27.5 Å². The van der Waals surface area contributed by atoms with Gasteiger partial charge in [-0.15, -0.1) is 0 Å². The normalized spacial score (nSPS) is 11.4. The Morgan fingerprint density at radius 1 is 1.06 bits per heavy atom. The Hall–Kier alpha value is -4.40. The molecular weight excluding hydrogens is 398 g/mol. The number of benzene rings is 2. The number of nitrogens with one attached hydrogen (secondary N) is 3. The van der Waals surface area contributed by atoms with Crippen molar-refractivity contribution in [3.8, 4) is 0 Å². The highest BCUT2D eigenvalue weighted by molar-refractivity contribution is 5.96. The van der Waals surface area contributed by atoms with Gasteiger partial charge in [0, 0.05) is 11.9 Å². The molecule has 0 aliphatic heterocycles. The molecule has 9 nitrogen and oxygen atoms in total. The molecule has 0 radical (unpaired) electrons. The summed E-state index contributed by atoms with van der Waals surface area (Å²) in [5.41, 5.74) is 6.16. The average molecular weight is 419 g/mol. The van der Waals surface area contributed by atoms with Gasteiger partial charge < -0.3 is 26.0 Å². The molecule has 3 rings (SSSR count). The van der Waals surface area contributed by atoms with Crippen molar-refractivity contribution in [1.29, 1.82) is 5.41 Å². The molecule has 6 N–H and O–H groups in total. The quantitative estimate of drug-likeness (QED) is 0.291. The van der Waals surface area contributed by atoms with Crippen molar-refractivity contribution in [2.24, 2.45) is 5.73 Å². The molecule has 1 aromatic heterocycles. The van der Waals surface area contributed by atoms with Crippen LogP contribution in [-0.2, 0) is 11.3 Å². The number of rotatable bonds is 7. The third-order valence-corrected chi connectivity index (χ3v) is 4.48. The van der Waals surface area contributed by atoms with E-state index in [0.29, 0.717) is 5.69 Å². The van der Waals surface area contributed by atoms with E-state index in [0.717, 1.165) is 5.56 Å². The smallest absolute Gasteiger partial charge is 0.330 e. The van der Waals surface area contributed by atoms with Gasteiger partial charge in [-0.3, -0.25) is 15.0 Å². The molecule has 0 unspecified atom stereocenters. The molecule has 31 heavy (non-hydrogen) atoms. The van der Waals surface area contributed by atoms with Crippen LogP contribution in [0.15, 0.2) is 77.7 Å². The van der Waals surface area contributed by atoms with Crippen LogP contribution >= 0.6 is 0 Å². The van der Waals surface area contributed by atoms with Gasteiger partial charge in [0.15, 0.2) is 12.0 Å². The molecule has 0 bridgehead atoms. The number of anilines is 1. The number of hydrogen-bond donors (Lipinski definition) is 5. The highest BCUT2D eigenvalue weighted by Crippen LogP contribution is 2.18. The summed E-state index contributed by atoms with van der Waals surface area (Å²) in [6.45, 7) is 0.280. The van der Waals surface area contributed by atoms with Crippen LogP contribution in [0.1, 0.15) is 27.5 Å². The highest BCUT2D eigenvalue weighted by atomic mass is 16.4. The number of carboxylic acids is 1. The van der Waals surface area contributed by atoms with Gasteiger partial charge in [-0.1, -0.05) is 42.5 Å². The van der Waals surface area contributed by atoms with Gasteiger partial charge in [0.1, 0.15) is 5.56 Å². The maximum atomic E-state index is 12.8. The van der Waals surface area contributed by atoms with Gasteiger partial charge in [-0.05, 0) is 35.4 Å². The number of hydrogen-bond acceptors (Lipinski definition) is 4. The van der Waals surface area contributed by atoms with Gasteiger partial charge in [0.05, 0.1) is 6.54 Å². The van der Waals surface area contributed by atoms with E-state index in [4.69, 9.17) is 11.1 Å². The number of carboxylic acid groups (broad SMARTS) is 1. The maximum absolute atomic E-state index is 12.8. The van der Waals surface area contributed by atoms with Crippen molar-refractivity contribution in [3.63, 3.8) is 0 Å². The monoisotopic (exact) mass is 419 g/mol. The molecule has 0 spiro atoms. The number of pyridine rings is 1. The van der Waals surface area contributed by atoms with Gasteiger partial charge in [-0.25, -0.2) is 4.79 Å². The number of guanidine groups is 1. The van der Waals surface area contributed by atoms with E-state index in [9.17, 15) is 19.5 Å². The zero-order chi connectivity index (χ0) is 22.4. The largest absolute Gasteiger partial charge is 0.479 e. The fourth-order valence-electron chi connectivity index (χ4n) is 3.06. The summed E-state index contributed by atoms with van der Waals surface area (Å²) in [5.74, 6) is -2.41. The first-order valence-electron chi connectivity index (χ1n) is 9.33. The molecule has 0 aliphatic rings. The van der Waals surface area contributed by atoms with E-state index in [2.05, 4.69) is 10.6 Å². The SMILES string of the molecule is N=C(N)Nc1cccc([C@H](NC(=O)c2cccn(Cc3ccccc3)c2=O)C(=O)O)c1. The number of nitrogens with zero attached hydrogens (tertiary/aromatic N) is 1. The average Bonchev–Trinajstić information content (AvgIpc) is 2.73. The minimum atomic E-state index is -1.40. The molecule has 0 aliphatic carbocycles. The Balaban J connectivity index is 1.85. The summed E-state index contributed by atoms with van der Waals surface area (Å²) in [5, 5.41) is 21.9. The first kappa shape index (κ1) is 21.3. The summed E-state index contributed by atoms with van der Waals surface area (Å²) in [6.07, 6.45) is 1.57. The van der Waals surface area contributed by atoms with E-state index in [1.807, 2.05) is 30.3 Å². The van der Waals surface area contributed by atoms with Crippen LogP contribution in [0.4, 0.5) is 5.69 Å². The van der Waals surface area contributed by atoms with Crippen LogP contribution in [0.3, 0.4) is 0 Å². The van der Waals surface area contributed by atoms with Gasteiger partial charge >= 0.3 is 5.97 Å². The number of carbonyl (C=O) groups is 2. The fourth-order valence-corrected chi connectivity index (χ4v) is 3.06. The fraction of sp³-hybridized carbons (Fsp3) is 0.0909. The minimum Gasteiger partial charge on any atom is -0.479 e. The molecule has 0 saturated heterocycles. The van der Waals surface area contributed by atoms with Crippen molar-refractivity contribution in [1.82, 2.24) is 9.88 Å². The Labute approximate surface area is 177 Å². The Morgan fingerprint density at radius 2 is 1.81 bits per heavy atom. The summed E-state index contributed by atoms with van der Waals surface area (Å²) in [6, 6.07) is 17.0. The van der Waals surface area contributed by atoms with E-state index in [-0.39, 0.29) is 23.6 Å². The van der Waals surface area contributed by atoms with E-state index < -0.39 is 23.5 Å². The number of aliphatic carboxylic acids is 1. The summed E-state index contributed by atoms with van der Waals surface area (Å²) in [4.78, 5) is 37.4. The molecule has 2 aromatic carbocycles. The molecule has 1 amide bonds. The highest BCUT2D eigenvalue weighted by Gasteiger charge is 2.24. The number of nitrogens with two attached hydrogens (primary N) is 1. The van der Waals surface area contributed by atoms with E-state index in [1.54, 1.807) is 24.4 Å². The summed E-state index contributed by atoms with van der Waals surface area (Å²) < 4.78 is 1.39. The number of amides is 1. The van der Waals surface area contributed by atoms with Crippen LogP contribution in [0.25, 0.3) is 0 Å². The minimum absolute atomic E-state index is 0.164. The third kappa shape index (κ3) is 5.36. The lowest BCUT2D eigenvalue weighted by Crippen LogP contribution is -2.38. The lowest BCUT2D eigenvalue weighted by Gasteiger charge is -2.16. The Morgan fingerprint density at radius 3 is 2.48 bits per heavy atom. The zero-order valence-electron chi connectivity index (χ0n) is 16.4. The molecule has 158 valence electrons. The van der Waals surface area contributed by atoms with Crippen LogP contribution in [0, 0.1) is 5.41 Å². The second-order valence-corrected chi connectivity index (χ2v) is 6.75. The number of aromatic nitrogens is 1. The topological polar surface area (TPSA) is 150 Å². The molecule has 1 atom stereocenters. The Kier molecular flexibility index (Phi) is 6.46. The molecule has 0 fully saturated rings. The Bertz CT molecular complexity index is 1170. The zero-order valence-corrected chi connectivity index (χ0v) is 16.4. The second-order valence-electron chi connectivity index (χ2n) is 6.75. The summed E-state index contributed by atoms with van der Waals surface area (Å²) in [7, 11) is 0. The predicted octanol–water partition coefficient (Wildman–Crippen LogP) is 1.76. The lowest BCUT2D eigenvalue weighted by molar-refractivity contribution is -0.139. The molecule has 0 saturated carbocycles. The molecule has 3 aromatic rings. The van der Waals surface area contributed by atoms with Crippen LogP contribution < -0.4 is 21.9 Å². The van der Waals surface area contributed by atoms with Crippen molar-refractivity contribution in [2.45, 2.75) is 12.6 Å². The van der Waals surface area contributed by atoms with Crippen molar-refractivity contribution in [3.05, 3.63) is 100.0 Å². The molecule has 9 heteroatoms. The third-order valence-electron chi connectivity index (χ3n) is 4.48. The molecule has 1 heterocycles. The standard InChI is InChI=1S/C22H21N5O4/c23-22(24)25-16-9-4-8-15(12-16)18(21(30)31)26-19(28)17-10-5-11-27(20(17)29)13-14-6-2-1-3-7-14/h1-12,18H,13H2,(H,26,28)(H,30,31)(H4,23,24,25)/t18-/m0/s1. The van der Waals surface area contributed by atoms with E-state index in [1.165, 1.54) is 22.8 Å². The van der Waals surface area contributed by atoms with Gasteiger partial charge in [0.25, 0.3) is 11.5 Å². The molecular formula is C22H21N5O4. The number of carbonyl (C=O) groups excluding carboxylic acids is 1. The predicted molar refractivity (Wildman–Crippen MR) is 116 cm³/mol. The second kappa shape index (κ2) is 9.40. The maximum Gasteiger partial charge on any atom is 0.330 e. The van der Waals surface area contributed by atoms with Gasteiger partial charge in [0.2, 0.25) is 0 Å². The summed E-state index contributed by atoms with van der Waals surface area (Å²) >= 11 is 0. The van der Waals surface area contributed by atoms with Crippen LogP contribution in [0.2, 0.25) is 0 Å². The van der Waals surface area contributed by atoms with Gasteiger partial charge in [-0.2, -0.15) is 0 Å². The first-order chi connectivity index (χ1) is 14.8. The first-order valence-corrected chi connectivity index (χ1v) is 9.33. The lowest BCUT2D eigenvalue weighted by atomic mass is 10.1. The van der Waals surface area contributed by atoms with Crippen molar-refractivity contribution >= 4 is 23.5 Å².